The first-order chi connectivity index (χ1) is 8.94. The summed E-state index contributed by atoms with van der Waals surface area (Å²) in [5.74, 6) is 0.180. The number of hydrogen-bond donors (Lipinski definition) is 0. The minimum atomic E-state index is -0.500. The van der Waals surface area contributed by atoms with E-state index in [1.165, 1.54) is 0 Å². The normalized spacial score (nSPS) is 11.4. The van der Waals surface area contributed by atoms with Crippen LogP contribution in [0.1, 0.15) is 40.9 Å². The molecule has 1 heteroatoms. The van der Waals surface area contributed by atoms with E-state index in [4.69, 9.17) is 0 Å². The van der Waals surface area contributed by atoms with E-state index in [1.54, 1.807) is 0 Å². The first kappa shape index (κ1) is 13.5. The zero-order valence-electron chi connectivity index (χ0n) is 12.0. The summed E-state index contributed by atoms with van der Waals surface area (Å²) in [6.45, 7) is 8.05. The molecule has 0 atom stereocenters. The van der Waals surface area contributed by atoms with E-state index in [9.17, 15) is 4.79 Å². The van der Waals surface area contributed by atoms with E-state index in [0.717, 1.165) is 22.3 Å². The topological polar surface area (TPSA) is 17.1 Å². The lowest BCUT2D eigenvalue weighted by atomic mass is 9.77. The molecule has 0 heterocycles. The molecule has 0 saturated carbocycles. The quantitative estimate of drug-likeness (QED) is 0.737. The summed E-state index contributed by atoms with van der Waals surface area (Å²) < 4.78 is 0. The molecular weight excluding hydrogens is 232 g/mol. The summed E-state index contributed by atoms with van der Waals surface area (Å²) in [6, 6.07) is 15.9. The van der Waals surface area contributed by atoms with Gasteiger partial charge in [0, 0.05) is 5.56 Å². The highest BCUT2D eigenvalue weighted by Crippen LogP contribution is 2.29. The van der Waals surface area contributed by atoms with Crippen LogP contribution in [0.2, 0.25) is 0 Å². The summed E-state index contributed by atoms with van der Waals surface area (Å²) in [5, 5.41) is 0. The average Bonchev–Trinajstić information content (AvgIpc) is 2.42. The number of hydrogen-bond acceptors (Lipinski definition) is 1. The third kappa shape index (κ3) is 2.46. The van der Waals surface area contributed by atoms with Crippen molar-refractivity contribution in [2.75, 3.05) is 0 Å². The van der Waals surface area contributed by atoms with Crippen LogP contribution in [-0.4, -0.2) is 5.78 Å². The molecule has 0 aliphatic carbocycles. The van der Waals surface area contributed by atoms with Gasteiger partial charge in [-0.1, -0.05) is 48.5 Å². The van der Waals surface area contributed by atoms with Crippen molar-refractivity contribution >= 4 is 5.78 Å². The van der Waals surface area contributed by atoms with Crippen molar-refractivity contribution < 1.29 is 4.79 Å². The maximum Gasteiger partial charge on any atom is 0.173 e. The van der Waals surface area contributed by atoms with E-state index < -0.39 is 5.41 Å². The molecule has 0 bridgehead atoms. The van der Waals surface area contributed by atoms with Gasteiger partial charge < -0.3 is 0 Å². The maximum absolute atomic E-state index is 12.8. The van der Waals surface area contributed by atoms with Gasteiger partial charge in [-0.25, -0.2) is 0 Å². The molecule has 2 aromatic rings. The number of Topliss-reactive ketones (excluding diaryl/α,β-unsaturated/α-hetero) is 1. The maximum atomic E-state index is 12.8. The Kier molecular flexibility index (Phi) is 3.57. The van der Waals surface area contributed by atoms with Gasteiger partial charge in [-0.2, -0.15) is 0 Å². The molecule has 0 N–H and O–H groups in total. The molecule has 0 aliphatic rings. The highest BCUT2D eigenvalue weighted by atomic mass is 16.1. The van der Waals surface area contributed by atoms with Crippen LogP contribution in [0.3, 0.4) is 0 Å². The smallest absolute Gasteiger partial charge is 0.173 e. The van der Waals surface area contributed by atoms with Crippen molar-refractivity contribution in [1.82, 2.24) is 0 Å². The molecule has 0 aliphatic heterocycles. The minimum Gasteiger partial charge on any atom is -0.293 e. The van der Waals surface area contributed by atoms with Crippen molar-refractivity contribution in [2.24, 2.45) is 0 Å². The lowest BCUT2D eigenvalue weighted by Gasteiger charge is -2.25. The Labute approximate surface area is 115 Å². The van der Waals surface area contributed by atoms with Gasteiger partial charge in [-0.3, -0.25) is 4.79 Å². The van der Waals surface area contributed by atoms with E-state index in [2.05, 4.69) is 0 Å². The second kappa shape index (κ2) is 5.00. The molecule has 0 radical (unpaired) electrons. The fraction of sp³-hybridized carbons (Fsp3) is 0.278. The highest BCUT2D eigenvalue weighted by Gasteiger charge is 2.31. The van der Waals surface area contributed by atoms with Crippen molar-refractivity contribution in [3.05, 3.63) is 70.8 Å². The zero-order chi connectivity index (χ0) is 14.0. The minimum absolute atomic E-state index is 0.180. The number of ketones is 1. The Morgan fingerprint density at radius 2 is 1.53 bits per heavy atom. The molecule has 2 aromatic carbocycles. The molecule has 0 amide bonds. The van der Waals surface area contributed by atoms with Crippen LogP contribution in [0.4, 0.5) is 0 Å². The van der Waals surface area contributed by atoms with Crippen LogP contribution in [0, 0.1) is 13.8 Å². The summed E-state index contributed by atoms with van der Waals surface area (Å²) in [5.41, 5.74) is 3.63. The second-order valence-corrected chi connectivity index (χ2v) is 5.57. The monoisotopic (exact) mass is 252 g/mol. The lowest BCUT2D eigenvalue weighted by molar-refractivity contribution is 0.0908. The SMILES string of the molecule is Cc1cccc(C(=O)C(C)(C)c2ccccc2)c1C. The first-order valence-corrected chi connectivity index (χ1v) is 6.61. The third-order valence-electron chi connectivity index (χ3n) is 3.91. The predicted molar refractivity (Wildman–Crippen MR) is 79.7 cm³/mol. The Morgan fingerprint density at radius 3 is 2.16 bits per heavy atom. The van der Waals surface area contributed by atoms with Gasteiger partial charge in [0.1, 0.15) is 0 Å². The van der Waals surface area contributed by atoms with Gasteiger partial charge in [0.2, 0.25) is 0 Å². The average molecular weight is 252 g/mol. The largest absolute Gasteiger partial charge is 0.293 e. The van der Waals surface area contributed by atoms with E-state index in [0.29, 0.717) is 0 Å². The highest BCUT2D eigenvalue weighted by molar-refractivity contribution is 6.04. The van der Waals surface area contributed by atoms with E-state index in [1.807, 2.05) is 76.2 Å². The molecule has 98 valence electrons. The van der Waals surface area contributed by atoms with Crippen LogP contribution >= 0.6 is 0 Å². The lowest BCUT2D eigenvalue weighted by Crippen LogP contribution is -2.29. The van der Waals surface area contributed by atoms with Crippen LogP contribution in [0.5, 0.6) is 0 Å². The van der Waals surface area contributed by atoms with Crippen LogP contribution in [0.15, 0.2) is 48.5 Å². The van der Waals surface area contributed by atoms with Gasteiger partial charge in [-0.05, 0) is 44.4 Å². The second-order valence-electron chi connectivity index (χ2n) is 5.57. The van der Waals surface area contributed by atoms with Crippen molar-refractivity contribution in [3.63, 3.8) is 0 Å². The number of carbonyl (C=O) groups is 1. The summed E-state index contributed by atoms with van der Waals surface area (Å²) in [4.78, 5) is 12.8. The zero-order valence-corrected chi connectivity index (χ0v) is 12.0. The number of carbonyl (C=O) groups excluding carboxylic acids is 1. The fourth-order valence-corrected chi connectivity index (χ4v) is 2.32. The first-order valence-electron chi connectivity index (χ1n) is 6.61. The van der Waals surface area contributed by atoms with E-state index >= 15 is 0 Å². The van der Waals surface area contributed by atoms with Gasteiger partial charge >= 0.3 is 0 Å². The third-order valence-corrected chi connectivity index (χ3v) is 3.91. The van der Waals surface area contributed by atoms with Crippen molar-refractivity contribution in [3.8, 4) is 0 Å². The fourth-order valence-electron chi connectivity index (χ4n) is 2.32. The molecule has 0 fully saturated rings. The van der Waals surface area contributed by atoms with Gasteiger partial charge in [0.25, 0.3) is 0 Å². The predicted octanol–water partition coefficient (Wildman–Crippen LogP) is 4.46. The summed E-state index contributed by atoms with van der Waals surface area (Å²) in [6.07, 6.45) is 0. The van der Waals surface area contributed by atoms with Crippen molar-refractivity contribution in [2.45, 2.75) is 33.1 Å². The Hall–Kier alpha value is -1.89. The summed E-state index contributed by atoms with van der Waals surface area (Å²) in [7, 11) is 0. The van der Waals surface area contributed by atoms with Gasteiger partial charge in [-0.15, -0.1) is 0 Å². The molecule has 0 aromatic heterocycles. The van der Waals surface area contributed by atoms with Gasteiger partial charge in [0.05, 0.1) is 5.41 Å². The standard InChI is InChI=1S/C18H20O/c1-13-9-8-12-16(14(13)2)17(19)18(3,4)15-10-6-5-7-11-15/h5-12H,1-4H3. The number of benzene rings is 2. The van der Waals surface area contributed by atoms with Crippen molar-refractivity contribution in [1.29, 1.82) is 0 Å². The van der Waals surface area contributed by atoms with Crippen LogP contribution in [-0.2, 0) is 5.41 Å². The Balaban J connectivity index is 2.47. The Bertz CT molecular complexity index is 594. The summed E-state index contributed by atoms with van der Waals surface area (Å²) >= 11 is 0. The number of aryl methyl sites for hydroxylation is 1. The van der Waals surface area contributed by atoms with E-state index in [-0.39, 0.29) is 5.78 Å². The molecular formula is C18H20O. The molecule has 0 saturated heterocycles. The molecule has 0 unspecified atom stereocenters. The molecule has 19 heavy (non-hydrogen) atoms. The molecule has 2 rings (SSSR count). The van der Waals surface area contributed by atoms with Gasteiger partial charge in [0.15, 0.2) is 5.78 Å². The Morgan fingerprint density at radius 1 is 0.895 bits per heavy atom. The molecule has 0 spiro atoms. The molecule has 1 nitrogen and oxygen atoms in total. The van der Waals surface area contributed by atoms with Crippen LogP contribution in [0.25, 0.3) is 0 Å². The number of rotatable bonds is 3. The van der Waals surface area contributed by atoms with Crippen LogP contribution < -0.4 is 0 Å².